The lowest BCUT2D eigenvalue weighted by molar-refractivity contribution is 0.591. The second-order valence-electron chi connectivity index (χ2n) is 4.48. The van der Waals surface area contributed by atoms with Crippen molar-refractivity contribution in [3.05, 3.63) is 34.5 Å². The van der Waals surface area contributed by atoms with Gasteiger partial charge in [0.15, 0.2) is 0 Å². The van der Waals surface area contributed by atoms with E-state index in [4.69, 9.17) is 0 Å². The lowest BCUT2D eigenvalue weighted by atomic mass is 9.91. The van der Waals surface area contributed by atoms with E-state index in [1.165, 1.54) is 38.5 Å². The number of hydrogen-bond acceptors (Lipinski definition) is 1. The molecule has 0 saturated heterocycles. The molecule has 2 rings (SSSR count). The van der Waals surface area contributed by atoms with E-state index in [9.17, 15) is 0 Å². The molecule has 1 aromatic rings. The van der Waals surface area contributed by atoms with Crippen LogP contribution >= 0.6 is 11.3 Å². The normalized spacial score (nSPS) is 18.7. The highest BCUT2D eigenvalue weighted by Crippen LogP contribution is 2.35. The Labute approximate surface area is 97.0 Å². The molecule has 1 heteroatoms. The van der Waals surface area contributed by atoms with Crippen molar-refractivity contribution in [2.24, 2.45) is 0 Å². The summed E-state index contributed by atoms with van der Waals surface area (Å²) in [5, 5.41) is 2.25. The van der Waals surface area contributed by atoms with Crippen LogP contribution in [0.2, 0.25) is 0 Å². The summed E-state index contributed by atoms with van der Waals surface area (Å²) in [7, 11) is 0. The maximum absolute atomic E-state index is 3.85. The molecule has 0 aliphatic heterocycles. The molecule has 0 unspecified atom stereocenters. The van der Waals surface area contributed by atoms with E-state index in [0.29, 0.717) is 0 Å². The summed E-state index contributed by atoms with van der Waals surface area (Å²) in [4.78, 5) is 1.55. The minimum atomic E-state index is 0.841. The molecule has 82 valence electrons. The maximum Gasteiger partial charge on any atom is 0.0118 e. The van der Waals surface area contributed by atoms with Gasteiger partial charge in [0.25, 0.3) is 0 Å². The van der Waals surface area contributed by atoms with Crippen LogP contribution in [0, 0.1) is 0 Å². The Bertz CT molecular complexity index is 303. The highest BCUT2D eigenvalue weighted by Gasteiger charge is 2.17. The monoisotopic (exact) mass is 220 g/mol. The quantitative estimate of drug-likeness (QED) is 0.501. The number of allylic oxidation sites excluding steroid dienone is 1. The second kappa shape index (κ2) is 5.50. The Morgan fingerprint density at radius 2 is 2.00 bits per heavy atom. The Hall–Kier alpha value is -0.560. The standard InChI is InChI=1S/C14H20S/c1-2-7-14-13(10-11-15-14)12-8-5-3-4-6-9-12/h2,10-12H,1,3-9H2. The Morgan fingerprint density at radius 3 is 2.67 bits per heavy atom. The largest absolute Gasteiger partial charge is 0.148 e. The van der Waals surface area contributed by atoms with Crippen molar-refractivity contribution < 1.29 is 0 Å². The van der Waals surface area contributed by atoms with Crippen LogP contribution in [0.1, 0.15) is 54.9 Å². The van der Waals surface area contributed by atoms with Crippen LogP contribution in [0.25, 0.3) is 0 Å². The third-order valence-corrected chi connectivity index (χ3v) is 4.36. The molecule has 0 atom stereocenters. The predicted octanol–water partition coefficient (Wildman–Crippen LogP) is 4.91. The van der Waals surface area contributed by atoms with Crippen LogP contribution in [0.5, 0.6) is 0 Å². The molecule has 0 amide bonds. The fraction of sp³-hybridized carbons (Fsp3) is 0.571. The topological polar surface area (TPSA) is 0 Å². The highest BCUT2D eigenvalue weighted by atomic mass is 32.1. The van der Waals surface area contributed by atoms with Crippen molar-refractivity contribution in [2.75, 3.05) is 0 Å². The number of thiophene rings is 1. The van der Waals surface area contributed by atoms with Crippen LogP contribution in [-0.2, 0) is 6.42 Å². The minimum absolute atomic E-state index is 0.841. The van der Waals surface area contributed by atoms with Gasteiger partial charge >= 0.3 is 0 Å². The summed E-state index contributed by atoms with van der Waals surface area (Å²) in [5.74, 6) is 0.841. The predicted molar refractivity (Wildman–Crippen MR) is 68.7 cm³/mol. The van der Waals surface area contributed by atoms with Crippen LogP contribution in [0.15, 0.2) is 24.1 Å². The molecule has 0 spiro atoms. The van der Waals surface area contributed by atoms with E-state index < -0.39 is 0 Å². The van der Waals surface area contributed by atoms with Crippen LogP contribution < -0.4 is 0 Å². The SMILES string of the molecule is C=CCc1sccc1C1CCCCCC1. The van der Waals surface area contributed by atoms with Crippen molar-refractivity contribution in [3.8, 4) is 0 Å². The van der Waals surface area contributed by atoms with Crippen LogP contribution in [0.4, 0.5) is 0 Å². The zero-order chi connectivity index (χ0) is 10.5. The molecule has 15 heavy (non-hydrogen) atoms. The lowest BCUT2D eigenvalue weighted by Gasteiger charge is -2.14. The van der Waals surface area contributed by atoms with Crippen molar-refractivity contribution >= 4 is 11.3 Å². The lowest BCUT2D eigenvalue weighted by Crippen LogP contribution is -1.98. The maximum atomic E-state index is 3.85. The average Bonchev–Trinajstić information content (AvgIpc) is 2.53. The van der Waals surface area contributed by atoms with Gasteiger partial charge < -0.3 is 0 Å². The minimum Gasteiger partial charge on any atom is -0.148 e. The van der Waals surface area contributed by atoms with E-state index in [2.05, 4.69) is 18.0 Å². The van der Waals surface area contributed by atoms with Gasteiger partial charge in [-0.05, 0) is 42.2 Å². The molecule has 0 N–H and O–H groups in total. The zero-order valence-electron chi connectivity index (χ0n) is 9.37. The first-order valence-electron chi connectivity index (χ1n) is 6.09. The van der Waals surface area contributed by atoms with E-state index in [0.717, 1.165) is 12.3 Å². The molecule has 0 aromatic carbocycles. The summed E-state index contributed by atoms with van der Waals surface area (Å²) < 4.78 is 0. The molecule has 0 bridgehead atoms. The molecule has 0 radical (unpaired) electrons. The number of rotatable bonds is 3. The smallest absolute Gasteiger partial charge is 0.0118 e. The summed E-state index contributed by atoms with van der Waals surface area (Å²) in [6.45, 7) is 3.85. The van der Waals surface area contributed by atoms with E-state index in [-0.39, 0.29) is 0 Å². The van der Waals surface area contributed by atoms with E-state index in [1.807, 2.05) is 17.4 Å². The molecule has 1 fully saturated rings. The van der Waals surface area contributed by atoms with Gasteiger partial charge in [-0.15, -0.1) is 17.9 Å². The van der Waals surface area contributed by atoms with Gasteiger partial charge in [-0.1, -0.05) is 31.8 Å². The third kappa shape index (κ3) is 2.72. The summed E-state index contributed by atoms with van der Waals surface area (Å²) in [6, 6.07) is 2.35. The molecule has 1 saturated carbocycles. The molecule has 0 nitrogen and oxygen atoms in total. The molecular weight excluding hydrogens is 200 g/mol. The van der Waals surface area contributed by atoms with Gasteiger partial charge in [-0.2, -0.15) is 0 Å². The van der Waals surface area contributed by atoms with Crippen molar-refractivity contribution in [2.45, 2.75) is 50.9 Å². The van der Waals surface area contributed by atoms with Gasteiger partial charge in [-0.25, -0.2) is 0 Å². The van der Waals surface area contributed by atoms with Crippen molar-refractivity contribution in [3.63, 3.8) is 0 Å². The van der Waals surface area contributed by atoms with E-state index >= 15 is 0 Å². The van der Waals surface area contributed by atoms with E-state index in [1.54, 1.807) is 10.4 Å². The first kappa shape index (κ1) is 10.9. The number of hydrogen-bond donors (Lipinski definition) is 0. The fourth-order valence-electron chi connectivity index (χ4n) is 2.60. The Morgan fingerprint density at radius 1 is 1.27 bits per heavy atom. The summed E-state index contributed by atoms with van der Waals surface area (Å²) in [6.07, 6.45) is 11.6. The Balaban J connectivity index is 2.11. The van der Waals surface area contributed by atoms with Crippen LogP contribution in [0.3, 0.4) is 0 Å². The van der Waals surface area contributed by atoms with Crippen LogP contribution in [-0.4, -0.2) is 0 Å². The second-order valence-corrected chi connectivity index (χ2v) is 5.48. The fourth-order valence-corrected chi connectivity index (χ4v) is 3.57. The molecule has 1 aromatic heterocycles. The van der Waals surface area contributed by atoms with Gasteiger partial charge in [0.2, 0.25) is 0 Å². The van der Waals surface area contributed by atoms with Gasteiger partial charge in [0.05, 0.1) is 0 Å². The van der Waals surface area contributed by atoms with Gasteiger partial charge in [0, 0.05) is 4.88 Å². The first-order valence-corrected chi connectivity index (χ1v) is 6.97. The Kier molecular flexibility index (Phi) is 4.01. The summed E-state index contributed by atoms with van der Waals surface area (Å²) in [5.41, 5.74) is 1.63. The molecule has 1 aliphatic rings. The van der Waals surface area contributed by atoms with Gasteiger partial charge in [0.1, 0.15) is 0 Å². The molecule has 1 heterocycles. The zero-order valence-corrected chi connectivity index (χ0v) is 10.2. The first-order chi connectivity index (χ1) is 7.42. The highest BCUT2D eigenvalue weighted by molar-refractivity contribution is 7.10. The summed E-state index contributed by atoms with van der Waals surface area (Å²) >= 11 is 1.90. The molecule has 1 aliphatic carbocycles. The van der Waals surface area contributed by atoms with Crippen molar-refractivity contribution in [1.29, 1.82) is 0 Å². The van der Waals surface area contributed by atoms with Crippen molar-refractivity contribution in [1.82, 2.24) is 0 Å². The van der Waals surface area contributed by atoms with Gasteiger partial charge in [-0.3, -0.25) is 0 Å². The average molecular weight is 220 g/mol. The molecular formula is C14H20S. The third-order valence-electron chi connectivity index (χ3n) is 3.40.